The number of guanidine groups is 2. The molecule has 2 saturated heterocycles. The van der Waals surface area contributed by atoms with E-state index in [0.717, 1.165) is 64.8 Å². The Labute approximate surface area is 372 Å². The smallest absolute Gasteiger partial charge is 0.484 e. The number of carbonyl (C=O) groups is 1. The monoisotopic (exact) mass is 934 g/mol. The van der Waals surface area contributed by atoms with Crippen LogP contribution in [-0.4, -0.2) is 96.7 Å². The molecule has 320 valence electrons. The number of nitrogens with zero attached hydrogens (tertiary/aromatic N) is 4. The van der Waals surface area contributed by atoms with E-state index < -0.39 is 29.6 Å². The van der Waals surface area contributed by atoms with E-state index in [4.69, 9.17) is 73.5 Å². The normalized spacial score (nSPS) is 27.2. The van der Waals surface area contributed by atoms with Crippen LogP contribution in [-0.2, 0) is 30.4 Å². The average Bonchev–Trinajstić information content (AvgIpc) is 3.63. The Kier molecular flexibility index (Phi) is 12.1. The van der Waals surface area contributed by atoms with Crippen molar-refractivity contribution in [2.75, 3.05) is 40.5 Å². The second-order valence-electron chi connectivity index (χ2n) is 16.1. The minimum atomic E-state index is -1.43. The van der Waals surface area contributed by atoms with Crippen LogP contribution in [0.3, 0.4) is 0 Å². The first-order valence-corrected chi connectivity index (χ1v) is 21.5. The highest BCUT2D eigenvalue weighted by Gasteiger charge is 2.59. The standard InChI is InChI=1S/C22H22ClN3O3.C15H18BrN3O3.C6H6BClO2/c1-26-19(27)22(25-20(26)24)12-21(8-3-9-28-13-21)29-18-7-6-15(11-17(18)22)14-4-2-5-16(23)10-14;1-19-13(17)18-15(22-19)8-14(5-2-6-20-9-14)21-12-4-3-10(16)7-11(12)15;8-6-3-1-2-5(4-6)7(9)10/h2,4-7,10-11H,3,8-9,12-13H2,1H3,(H2,24,25);3-4,7H,2,5-6,8-9H2,1H3,(H2,17,18);1-4,9-10H. The lowest BCUT2D eigenvalue weighted by atomic mass is 9.74. The first kappa shape index (κ1) is 43.3. The summed E-state index contributed by atoms with van der Waals surface area (Å²) in [5.74, 6) is 1.91. The third kappa shape index (κ3) is 8.57. The molecule has 18 heteroatoms. The van der Waals surface area contributed by atoms with Gasteiger partial charge in [-0.2, -0.15) is 0 Å². The maximum absolute atomic E-state index is 13.4. The van der Waals surface area contributed by atoms with E-state index >= 15 is 0 Å². The van der Waals surface area contributed by atoms with Crippen LogP contribution < -0.4 is 26.4 Å². The third-order valence-electron chi connectivity index (χ3n) is 11.7. The number of benzene rings is 4. The zero-order valence-corrected chi connectivity index (χ0v) is 36.8. The number of hydroxylamine groups is 2. The minimum Gasteiger partial charge on any atom is -0.484 e. The van der Waals surface area contributed by atoms with Crippen LogP contribution in [0.1, 0.15) is 49.7 Å². The van der Waals surface area contributed by atoms with E-state index in [0.29, 0.717) is 59.9 Å². The summed E-state index contributed by atoms with van der Waals surface area (Å²) in [4.78, 5) is 30.2. The van der Waals surface area contributed by atoms with Crippen molar-refractivity contribution in [1.29, 1.82) is 0 Å². The van der Waals surface area contributed by atoms with Crippen molar-refractivity contribution in [2.24, 2.45) is 21.5 Å². The molecule has 4 unspecified atom stereocenters. The quantitative estimate of drug-likeness (QED) is 0.187. The molecular formula is C43H46BBrCl2N6O8. The Morgan fingerprint density at radius 3 is 1.93 bits per heavy atom. The fraction of sp³-hybridized carbons (Fsp3) is 0.372. The maximum Gasteiger partial charge on any atom is 0.488 e. The molecule has 0 saturated carbocycles. The van der Waals surface area contributed by atoms with E-state index in [9.17, 15) is 4.79 Å². The predicted octanol–water partition coefficient (Wildman–Crippen LogP) is 5.47. The van der Waals surface area contributed by atoms with Crippen molar-refractivity contribution in [3.63, 3.8) is 0 Å². The topological polar surface area (TPSA) is 187 Å². The summed E-state index contributed by atoms with van der Waals surface area (Å²) in [5.41, 5.74) is 13.1. The Morgan fingerprint density at radius 2 is 1.38 bits per heavy atom. The molecule has 2 fully saturated rings. The molecule has 10 rings (SSSR count). The molecule has 6 aliphatic heterocycles. The molecule has 0 aromatic heterocycles. The van der Waals surface area contributed by atoms with Gasteiger partial charge in [-0.05, 0) is 96.9 Å². The van der Waals surface area contributed by atoms with E-state index in [-0.39, 0.29) is 11.9 Å². The Balaban J connectivity index is 0.000000141. The van der Waals surface area contributed by atoms with Gasteiger partial charge in [0.25, 0.3) is 5.91 Å². The molecule has 6 heterocycles. The first-order chi connectivity index (χ1) is 29.1. The number of hydrogen-bond donors (Lipinski definition) is 4. The Bertz CT molecular complexity index is 2380. The summed E-state index contributed by atoms with van der Waals surface area (Å²) >= 11 is 15.3. The number of carbonyl (C=O) groups excluding carboxylic acids is 1. The second kappa shape index (κ2) is 17.1. The van der Waals surface area contributed by atoms with Crippen LogP contribution in [0, 0.1) is 0 Å². The minimum absolute atomic E-state index is 0.132. The van der Waals surface area contributed by atoms with Gasteiger partial charge < -0.3 is 40.5 Å². The highest BCUT2D eigenvalue weighted by atomic mass is 79.9. The number of nitrogens with two attached hydrogens (primary N) is 2. The van der Waals surface area contributed by atoms with Gasteiger partial charge in [-0.1, -0.05) is 69.5 Å². The lowest BCUT2D eigenvalue weighted by molar-refractivity contribution is -0.216. The molecule has 1 amide bonds. The second-order valence-corrected chi connectivity index (χ2v) is 17.9. The van der Waals surface area contributed by atoms with Crippen molar-refractivity contribution in [3.8, 4) is 22.6 Å². The van der Waals surface area contributed by atoms with Crippen molar-refractivity contribution < 1.29 is 38.6 Å². The molecule has 4 spiro atoms. The number of halogens is 3. The van der Waals surface area contributed by atoms with E-state index in [2.05, 4.69) is 20.9 Å². The number of fused-ring (bicyclic) bond motifs is 4. The van der Waals surface area contributed by atoms with Gasteiger partial charge in [0, 0.05) is 60.2 Å². The summed E-state index contributed by atoms with van der Waals surface area (Å²) in [7, 11) is 2.00. The number of rotatable bonds is 2. The summed E-state index contributed by atoms with van der Waals surface area (Å²) in [6, 6.07) is 25.8. The van der Waals surface area contributed by atoms with Crippen LogP contribution in [0.15, 0.2) is 99.4 Å². The zero-order valence-electron chi connectivity index (χ0n) is 33.7. The Hall–Kier alpha value is -4.39. The fourth-order valence-corrected chi connectivity index (χ4v) is 9.55. The maximum atomic E-state index is 13.4. The van der Waals surface area contributed by atoms with Crippen molar-refractivity contribution in [1.82, 2.24) is 9.96 Å². The molecule has 6 N–H and O–H groups in total. The molecule has 61 heavy (non-hydrogen) atoms. The van der Waals surface area contributed by atoms with Gasteiger partial charge in [0.15, 0.2) is 11.5 Å². The summed E-state index contributed by atoms with van der Waals surface area (Å²) < 4.78 is 25.1. The number of amides is 1. The number of aliphatic imine (C=N–C) groups is 2. The molecule has 4 atom stereocenters. The van der Waals surface area contributed by atoms with Gasteiger partial charge >= 0.3 is 7.12 Å². The van der Waals surface area contributed by atoms with Crippen LogP contribution in [0.2, 0.25) is 10.0 Å². The lowest BCUT2D eigenvalue weighted by Gasteiger charge is -2.46. The number of hydrogen-bond acceptors (Lipinski definition) is 13. The van der Waals surface area contributed by atoms with Crippen LogP contribution in [0.25, 0.3) is 11.1 Å². The molecule has 0 aliphatic carbocycles. The van der Waals surface area contributed by atoms with Crippen molar-refractivity contribution in [2.45, 2.75) is 61.0 Å². The molecule has 14 nitrogen and oxygen atoms in total. The Morgan fingerprint density at radius 1 is 0.754 bits per heavy atom. The summed E-state index contributed by atoms with van der Waals surface area (Å²) in [6.45, 7) is 2.47. The van der Waals surface area contributed by atoms with E-state index in [1.165, 1.54) is 16.0 Å². The van der Waals surface area contributed by atoms with Gasteiger partial charge in [0.05, 0.1) is 18.8 Å². The predicted molar refractivity (Wildman–Crippen MR) is 237 cm³/mol. The number of ether oxygens (including phenoxy) is 4. The van der Waals surface area contributed by atoms with E-state index in [1.54, 1.807) is 32.3 Å². The van der Waals surface area contributed by atoms with Crippen LogP contribution in [0.5, 0.6) is 11.5 Å². The molecule has 6 aliphatic rings. The highest BCUT2D eigenvalue weighted by molar-refractivity contribution is 9.10. The largest absolute Gasteiger partial charge is 0.488 e. The van der Waals surface area contributed by atoms with Crippen LogP contribution in [0.4, 0.5) is 0 Å². The highest BCUT2D eigenvalue weighted by Crippen LogP contribution is 2.53. The zero-order chi connectivity index (χ0) is 43.2. The van der Waals surface area contributed by atoms with Gasteiger partial charge in [-0.15, -0.1) is 0 Å². The molecule has 4 aromatic carbocycles. The van der Waals surface area contributed by atoms with Gasteiger partial charge in [0.1, 0.15) is 22.7 Å². The summed E-state index contributed by atoms with van der Waals surface area (Å²) in [6.07, 6.45) is 4.60. The molecule has 0 radical (unpaired) electrons. The lowest BCUT2D eigenvalue weighted by Crippen LogP contribution is -2.55. The van der Waals surface area contributed by atoms with E-state index in [1.807, 2.05) is 60.7 Å². The third-order valence-corrected chi connectivity index (χ3v) is 12.6. The molecular weight excluding hydrogens is 890 g/mol. The average molecular weight is 936 g/mol. The van der Waals surface area contributed by atoms with Gasteiger partial charge in [-0.25, -0.2) is 19.9 Å². The van der Waals surface area contributed by atoms with Gasteiger partial charge in [0.2, 0.25) is 11.7 Å². The first-order valence-electron chi connectivity index (χ1n) is 19.9. The molecule has 4 aromatic rings. The molecule has 0 bridgehead atoms. The fourth-order valence-electron chi connectivity index (χ4n) is 8.80. The SMILES string of the molecule is CN1C(=O)C2(CC3(CCCOC3)Oc3ccc(-c4cccc(Cl)c4)cc32)N=C1N.CN1OC2(CC3(CCCOC3)Oc3ccc(Br)cc32)N=C1N.OB(O)c1cccc(Cl)c1. The van der Waals surface area contributed by atoms with Crippen LogP contribution >= 0.6 is 39.1 Å². The van der Waals surface area contributed by atoms with Gasteiger partial charge in [-0.3, -0.25) is 9.69 Å². The van der Waals surface area contributed by atoms with Crippen molar-refractivity contribution >= 4 is 69.5 Å². The van der Waals surface area contributed by atoms with Crippen molar-refractivity contribution in [3.05, 3.63) is 111 Å². The summed E-state index contributed by atoms with van der Waals surface area (Å²) in [5, 5.41) is 20.0. The number of likely N-dealkylation sites (N-methyl/N-ethyl adjacent to an activating group) is 1.